The van der Waals surface area contributed by atoms with E-state index in [-0.39, 0.29) is 17.3 Å². The monoisotopic (exact) mass is 317 g/mol. The fraction of sp³-hybridized carbons (Fsp3) is 0.133. The summed E-state index contributed by atoms with van der Waals surface area (Å²) in [5, 5.41) is 5.65. The van der Waals surface area contributed by atoms with Crippen LogP contribution in [0.25, 0.3) is 0 Å². The second kappa shape index (κ2) is 5.34. The molecular weight excluding hydrogens is 302 g/mol. The van der Waals surface area contributed by atoms with Gasteiger partial charge in [-0.2, -0.15) is 0 Å². The Kier molecular flexibility index (Phi) is 3.50. The van der Waals surface area contributed by atoms with Gasteiger partial charge >= 0.3 is 0 Å². The summed E-state index contributed by atoms with van der Waals surface area (Å²) in [6, 6.07) is 11.6. The summed E-state index contributed by atoms with van der Waals surface area (Å²) in [7, 11) is -3.65. The van der Waals surface area contributed by atoms with Crippen LogP contribution in [0.4, 0.5) is 17.1 Å². The van der Waals surface area contributed by atoms with E-state index in [9.17, 15) is 13.2 Å². The van der Waals surface area contributed by atoms with E-state index < -0.39 is 10.0 Å². The first-order valence-electron chi connectivity index (χ1n) is 6.71. The SMILES string of the molecule is Cc1ccc(S(=O)(=O)Nc2ccc3c(c2)NC(=O)CN3)cc1. The van der Waals surface area contributed by atoms with Gasteiger partial charge in [0.2, 0.25) is 5.91 Å². The molecule has 0 saturated heterocycles. The lowest BCUT2D eigenvalue weighted by Gasteiger charge is -2.19. The lowest BCUT2D eigenvalue weighted by atomic mass is 10.2. The molecule has 3 N–H and O–H groups in total. The van der Waals surface area contributed by atoms with Crippen molar-refractivity contribution in [2.75, 3.05) is 21.9 Å². The fourth-order valence-electron chi connectivity index (χ4n) is 2.17. The molecule has 0 spiro atoms. The average molecular weight is 317 g/mol. The van der Waals surface area contributed by atoms with E-state index >= 15 is 0 Å². The number of hydrogen-bond donors (Lipinski definition) is 3. The summed E-state index contributed by atoms with van der Waals surface area (Å²) in [5.74, 6) is -0.161. The lowest BCUT2D eigenvalue weighted by Crippen LogP contribution is -2.27. The van der Waals surface area contributed by atoms with Gasteiger partial charge in [0.25, 0.3) is 10.0 Å². The molecule has 1 heterocycles. The molecule has 0 aromatic heterocycles. The molecular formula is C15H15N3O3S. The van der Waals surface area contributed by atoms with Gasteiger partial charge in [0, 0.05) is 0 Å². The van der Waals surface area contributed by atoms with E-state index in [4.69, 9.17) is 0 Å². The molecule has 1 amide bonds. The van der Waals surface area contributed by atoms with E-state index in [0.717, 1.165) is 11.3 Å². The van der Waals surface area contributed by atoms with Crippen molar-refractivity contribution in [3.05, 3.63) is 48.0 Å². The maximum Gasteiger partial charge on any atom is 0.261 e. The molecule has 0 saturated carbocycles. The van der Waals surface area contributed by atoms with Crippen molar-refractivity contribution in [2.45, 2.75) is 11.8 Å². The summed E-state index contributed by atoms with van der Waals surface area (Å²) in [4.78, 5) is 11.6. The third-order valence-electron chi connectivity index (χ3n) is 3.32. The third-order valence-corrected chi connectivity index (χ3v) is 4.71. The molecule has 6 nitrogen and oxygen atoms in total. The molecule has 0 bridgehead atoms. The molecule has 1 aliphatic heterocycles. The maximum atomic E-state index is 12.3. The molecule has 0 aliphatic carbocycles. The Bertz CT molecular complexity index is 830. The normalized spacial score (nSPS) is 13.8. The Hall–Kier alpha value is -2.54. The van der Waals surface area contributed by atoms with Gasteiger partial charge in [-0.15, -0.1) is 0 Å². The van der Waals surface area contributed by atoms with Crippen LogP contribution in [0.15, 0.2) is 47.4 Å². The van der Waals surface area contributed by atoms with Gasteiger partial charge in [0.1, 0.15) is 0 Å². The number of carbonyl (C=O) groups excluding carboxylic acids is 1. The van der Waals surface area contributed by atoms with Crippen molar-refractivity contribution < 1.29 is 13.2 Å². The van der Waals surface area contributed by atoms with Crippen molar-refractivity contribution in [3.8, 4) is 0 Å². The van der Waals surface area contributed by atoms with Gasteiger partial charge in [-0.1, -0.05) is 17.7 Å². The molecule has 2 aromatic carbocycles. The fourth-order valence-corrected chi connectivity index (χ4v) is 3.22. The Morgan fingerprint density at radius 2 is 1.77 bits per heavy atom. The zero-order valence-electron chi connectivity index (χ0n) is 11.9. The number of hydrogen-bond acceptors (Lipinski definition) is 4. The van der Waals surface area contributed by atoms with Gasteiger partial charge in [-0.25, -0.2) is 8.42 Å². The van der Waals surface area contributed by atoms with Crippen molar-refractivity contribution >= 4 is 33.0 Å². The summed E-state index contributed by atoms with van der Waals surface area (Å²) >= 11 is 0. The predicted octanol–water partition coefficient (Wildman–Crippen LogP) is 2.16. The van der Waals surface area contributed by atoms with Crippen LogP contribution < -0.4 is 15.4 Å². The highest BCUT2D eigenvalue weighted by atomic mass is 32.2. The molecule has 0 unspecified atom stereocenters. The topological polar surface area (TPSA) is 87.3 Å². The van der Waals surface area contributed by atoms with Crippen LogP contribution in [0.2, 0.25) is 0 Å². The molecule has 1 aliphatic rings. The van der Waals surface area contributed by atoms with Crippen molar-refractivity contribution in [1.82, 2.24) is 0 Å². The molecule has 7 heteroatoms. The minimum absolute atomic E-state index is 0.161. The van der Waals surface area contributed by atoms with Gasteiger partial charge < -0.3 is 10.6 Å². The van der Waals surface area contributed by atoms with Crippen LogP contribution in [0, 0.1) is 6.92 Å². The van der Waals surface area contributed by atoms with Crippen molar-refractivity contribution in [1.29, 1.82) is 0 Å². The van der Waals surface area contributed by atoms with Gasteiger partial charge in [0.05, 0.1) is 28.5 Å². The van der Waals surface area contributed by atoms with Gasteiger partial charge in [0.15, 0.2) is 0 Å². The van der Waals surface area contributed by atoms with Crippen LogP contribution in [-0.4, -0.2) is 20.9 Å². The maximum absolute atomic E-state index is 12.3. The summed E-state index contributed by atoms with van der Waals surface area (Å²) in [6.45, 7) is 2.10. The van der Waals surface area contributed by atoms with Crippen molar-refractivity contribution in [2.24, 2.45) is 0 Å². The van der Waals surface area contributed by atoms with Gasteiger partial charge in [-0.05, 0) is 37.3 Å². The first kappa shape index (κ1) is 14.4. The predicted molar refractivity (Wildman–Crippen MR) is 85.5 cm³/mol. The summed E-state index contributed by atoms with van der Waals surface area (Å²) in [6.07, 6.45) is 0. The number of sulfonamides is 1. The highest BCUT2D eigenvalue weighted by Crippen LogP contribution is 2.29. The molecule has 114 valence electrons. The standard InChI is InChI=1S/C15H15N3O3S/c1-10-2-5-12(6-3-10)22(20,21)18-11-4-7-13-14(8-11)17-15(19)9-16-13/h2-8,16,18H,9H2,1H3,(H,17,19). The Labute approximate surface area is 128 Å². The summed E-state index contributed by atoms with van der Waals surface area (Å²) < 4.78 is 27.2. The minimum Gasteiger partial charge on any atom is -0.374 e. The van der Waals surface area contributed by atoms with E-state index in [1.165, 1.54) is 0 Å². The average Bonchev–Trinajstić information content (AvgIpc) is 2.47. The van der Waals surface area contributed by atoms with Crippen molar-refractivity contribution in [3.63, 3.8) is 0 Å². The smallest absolute Gasteiger partial charge is 0.261 e. The minimum atomic E-state index is -3.65. The first-order chi connectivity index (χ1) is 10.4. The summed E-state index contributed by atoms with van der Waals surface area (Å²) in [5.41, 5.74) is 2.70. The quantitative estimate of drug-likeness (QED) is 0.809. The molecule has 22 heavy (non-hydrogen) atoms. The zero-order chi connectivity index (χ0) is 15.7. The number of aryl methyl sites for hydroxylation is 1. The van der Waals surface area contributed by atoms with E-state index in [1.807, 2.05) is 6.92 Å². The number of rotatable bonds is 3. The second-order valence-electron chi connectivity index (χ2n) is 5.08. The lowest BCUT2D eigenvalue weighted by molar-refractivity contribution is -0.114. The van der Waals surface area contributed by atoms with E-state index in [0.29, 0.717) is 11.4 Å². The third kappa shape index (κ3) is 2.89. The van der Waals surface area contributed by atoms with Crippen LogP contribution in [-0.2, 0) is 14.8 Å². The number of benzene rings is 2. The first-order valence-corrected chi connectivity index (χ1v) is 8.20. The van der Waals surface area contributed by atoms with Crippen LogP contribution in [0.3, 0.4) is 0 Å². The van der Waals surface area contributed by atoms with Crippen LogP contribution in [0.5, 0.6) is 0 Å². The number of nitrogens with one attached hydrogen (secondary N) is 3. The molecule has 2 aromatic rings. The second-order valence-corrected chi connectivity index (χ2v) is 6.76. The number of carbonyl (C=O) groups is 1. The Morgan fingerprint density at radius 3 is 2.50 bits per heavy atom. The largest absolute Gasteiger partial charge is 0.374 e. The molecule has 3 rings (SSSR count). The van der Waals surface area contributed by atoms with Crippen LogP contribution in [0.1, 0.15) is 5.56 Å². The molecule has 0 radical (unpaired) electrons. The van der Waals surface area contributed by atoms with E-state index in [2.05, 4.69) is 15.4 Å². The highest BCUT2D eigenvalue weighted by molar-refractivity contribution is 7.92. The number of anilines is 3. The molecule has 0 atom stereocenters. The van der Waals surface area contributed by atoms with E-state index in [1.54, 1.807) is 42.5 Å². The van der Waals surface area contributed by atoms with Crippen LogP contribution >= 0.6 is 0 Å². The molecule has 0 fully saturated rings. The van der Waals surface area contributed by atoms with Gasteiger partial charge in [-0.3, -0.25) is 9.52 Å². The highest BCUT2D eigenvalue weighted by Gasteiger charge is 2.17. The zero-order valence-corrected chi connectivity index (χ0v) is 12.7. The Morgan fingerprint density at radius 1 is 1.05 bits per heavy atom. The number of fused-ring (bicyclic) bond motifs is 1. The number of amides is 1. The Balaban J connectivity index is 1.88.